The van der Waals surface area contributed by atoms with Gasteiger partial charge < -0.3 is 9.47 Å². The fourth-order valence-corrected chi connectivity index (χ4v) is 7.21. The van der Waals surface area contributed by atoms with Crippen molar-refractivity contribution in [1.82, 2.24) is 0 Å². The molecular formula is C32H28O4. The second-order valence-electron chi connectivity index (χ2n) is 10.3. The number of carbonyl (C=O) groups is 2. The minimum absolute atomic E-state index is 0.0412. The fraction of sp³-hybridized carbons (Fsp3) is 0.312. The van der Waals surface area contributed by atoms with Gasteiger partial charge in [0.1, 0.15) is 12.2 Å². The highest BCUT2D eigenvalue weighted by Gasteiger charge is 2.68. The molecule has 0 amide bonds. The number of ether oxygens (including phenoxy) is 2. The van der Waals surface area contributed by atoms with Crippen LogP contribution in [-0.2, 0) is 14.9 Å². The molecule has 0 aromatic heterocycles. The van der Waals surface area contributed by atoms with Gasteiger partial charge in [0.25, 0.3) is 0 Å². The van der Waals surface area contributed by atoms with Gasteiger partial charge in [-0.3, -0.25) is 0 Å². The first-order chi connectivity index (χ1) is 17.5. The lowest BCUT2D eigenvalue weighted by Crippen LogP contribution is -2.48. The molecule has 2 fully saturated rings. The third kappa shape index (κ3) is 3.38. The van der Waals surface area contributed by atoms with Crippen molar-refractivity contribution in [3.05, 3.63) is 107 Å². The maximum atomic E-state index is 13.2. The molecule has 2 bridgehead atoms. The Morgan fingerprint density at radius 1 is 0.778 bits per heavy atom. The molecule has 0 N–H and O–H groups in total. The zero-order chi connectivity index (χ0) is 24.9. The molecule has 180 valence electrons. The molecule has 36 heavy (non-hydrogen) atoms. The molecule has 3 aliphatic rings. The number of fused-ring (bicyclic) bond motifs is 7. The van der Waals surface area contributed by atoms with Gasteiger partial charge in [0, 0.05) is 11.8 Å². The van der Waals surface area contributed by atoms with Crippen LogP contribution in [0.4, 0.5) is 0 Å². The van der Waals surface area contributed by atoms with Crippen LogP contribution in [-0.4, -0.2) is 24.1 Å². The molecule has 3 aromatic carbocycles. The van der Waals surface area contributed by atoms with Gasteiger partial charge in [-0.15, -0.1) is 5.92 Å². The Balaban J connectivity index is 1.39. The van der Waals surface area contributed by atoms with E-state index in [9.17, 15) is 9.59 Å². The van der Waals surface area contributed by atoms with Gasteiger partial charge in [0.05, 0.1) is 16.5 Å². The Kier molecular flexibility index (Phi) is 5.45. The predicted octanol–water partition coefficient (Wildman–Crippen LogP) is 5.78. The Morgan fingerprint density at radius 2 is 1.31 bits per heavy atom. The van der Waals surface area contributed by atoms with Crippen molar-refractivity contribution in [2.75, 3.05) is 0 Å². The standard InChI is InChI=1S/C32H28O4/c1-3-18-32(2)25-17-11-10-16-22(25)26-23-19-24(27(26)32)29(36-31(34)21-14-8-5-9-15-21)28(23)35-30(33)20-12-6-4-7-13-20/h4-17,23-24,26-29H,19H2,1-2H3. The van der Waals surface area contributed by atoms with Crippen LogP contribution in [0.2, 0.25) is 0 Å². The summed E-state index contributed by atoms with van der Waals surface area (Å²) in [6, 6.07) is 26.5. The summed E-state index contributed by atoms with van der Waals surface area (Å²) >= 11 is 0. The van der Waals surface area contributed by atoms with Gasteiger partial charge in [-0.05, 0) is 67.5 Å². The van der Waals surface area contributed by atoms with Crippen molar-refractivity contribution in [1.29, 1.82) is 0 Å². The highest BCUT2D eigenvalue weighted by molar-refractivity contribution is 5.90. The first kappa shape index (κ1) is 22.6. The van der Waals surface area contributed by atoms with E-state index in [-0.39, 0.29) is 41.0 Å². The minimum Gasteiger partial charge on any atom is -0.455 e. The molecule has 0 radical (unpaired) electrons. The van der Waals surface area contributed by atoms with Crippen LogP contribution in [0.3, 0.4) is 0 Å². The Labute approximate surface area is 211 Å². The zero-order valence-electron chi connectivity index (χ0n) is 20.4. The van der Waals surface area contributed by atoms with E-state index in [1.165, 1.54) is 11.1 Å². The molecule has 4 heteroatoms. The highest BCUT2D eigenvalue weighted by Crippen LogP contribution is 2.68. The Bertz CT molecular complexity index is 1370. The third-order valence-electron chi connectivity index (χ3n) is 8.46. The maximum Gasteiger partial charge on any atom is 0.338 e. The van der Waals surface area contributed by atoms with E-state index < -0.39 is 12.2 Å². The Hall–Kier alpha value is -3.84. The van der Waals surface area contributed by atoms with E-state index >= 15 is 0 Å². The summed E-state index contributed by atoms with van der Waals surface area (Å²) in [5, 5.41) is 0. The summed E-state index contributed by atoms with van der Waals surface area (Å²) in [7, 11) is 0. The summed E-state index contributed by atoms with van der Waals surface area (Å²) in [5.41, 5.74) is 3.18. The molecule has 3 aliphatic carbocycles. The number of hydrogen-bond acceptors (Lipinski definition) is 4. The molecule has 6 rings (SSSR count). The van der Waals surface area contributed by atoms with Crippen LogP contribution in [0.15, 0.2) is 84.9 Å². The van der Waals surface area contributed by atoms with Crippen LogP contribution in [0.25, 0.3) is 0 Å². The van der Waals surface area contributed by atoms with Crippen molar-refractivity contribution in [3.8, 4) is 11.8 Å². The molecule has 7 atom stereocenters. The first-order valence-corrected chi connectivity index (χ1v) is 12.6. The number of carbonyl (C=O) groups excluding carboxylic acids is 2. The molecule has 0 spiro atoms. The quantitative estimate of drug-likeness (QED) is 0.354. The lowest BCUT2D eigenvalue weighted by atomic mass is 9.67. The van der Waals surface area contributed by atoms with Gasteiger partial charge in [-0.25, -0.2) is 9.59 Å². The van der Waals surface area contributed by atoms with Crippen LogP contribution in [0.1, 0.15) is 58.0 Å². The van der Waals surface area contributed by atoms with E-state index in [1.807, 2.05) is 43.3 Å². The number of hydrogen-bond donors (Lipinski definition) is 0. The molecule has 0 saturated heterocycles. The average Bonchev–Trinajstić information content (AvgIpc) is 3.54. The number of esters is 2. The van der Waals surface area contributed by atoms with E-state index in [1.54, 1.807) is 24.3 Å². The van der Waals surface area contributed by atoms with Crippen LogP contribution >= 0.6 is 0 Å². The fourth-order valence-electron chi connectivity index (χ4n) is 7.21. The molecule has 3 aromatic rings. The van der Waals surface area contributed by atoms with Gasteiger partial charge in [0.15, 0.2) is 0 Å². The largest absolute Gasteiger partial charge is 0.455 e. The number of rotatable bonds is 4. The van der Waals surface area contributed by atoms with Crippen molar-refractivity contribution >= 4 is 11.9 Å². The third-order valence-corrected chi connectivity index (χ3v) is 8.46. The van der Waals surface area contributed by atoms with Crippen LogP contribution in [0.5, 0.6) is 0 Å². The Morgan fingerprint density at radius 3 is 1.89 bits per heavy atom. The molecule has 4 nitrogen and oxygen atoms in total. The summed E-state index contributed by atoms with van der Waals surface area (Å²) in [5.74, 6) is 6.41. The van der Waals surface area contributed by atoms with E-state index in [4.69, 9.17) is 9.47 Å². The second kappa shape index (κ2) is 8.68. The molecule has 2 saturated carbocycles. The topological polar surface area (TPSA) is 52.6 Å². The van der Waals surface area contributed by atoms with E-state index in [2.05, 4.69) is 43.0 Å². The van der Waals surface area contributed by atoms with Gasteiger partial charge in [-0.1, -0.05) is 66.6 Å². The predicted molar refractivity (Wildman–Crippen MR) is 136 cm³/mol. The van der Waals surface area contributed by atoms with Crippen molar-refractivity contribution in [3.63, 3.8) is 0 Å². The highest BCUT2D eigenvalue weighted by atomic mass is 16.6. The maximum absolute atomic E-state index is 13.2. The lowest BCUT2D eigenvalue weighted by molar-refractivity contribution is -0.0743. The van der Waals surface area contributed by atoms with Crippen LogP contribution in [0, 0.1) is 29.6 Å². The SMILES string of the molecule is CC#CC1(C)c2ccccc2C2C3CC(C(OC(=O)c4ccccc4)C3OC(=O)c3ccccc3)C21. The molecular weight excluding hydrogens is 448 g/mol. The molecule has 7 unspecified atom stereocenters. The van der Waals surface area contributed by atoms with Crippen LogP contribution < -0.4 is 0 Å². The zero-order valence-corrected chi connectivity index (χ0v) is 20.4. The van der Waals surface area contributed by atoms with Crippen molar-refractivity contribution in [2.45, 2.75) is 43.8 Å². The first-order valence-electron chi connectivity index (χ1n) is 12.6. The van der Waals surface area contributed by atoms with Gasteiger partial charge >= 0.3 is 11.9 Å². The summed E-state index contributed by atoms with van der Waals surface area (Å²) in [6.07, 6.45) is -0.199. The second-order valence-corrected chi connectivity index (χ2v) is 10.3. The van der Waals surface area contributed by atoms with E-state index in [0.29, 0.717) is 11.1 Å². The minimum atomic E-state index is -0.524. The lowest BCUT2D eigenvalue weighted by Gasteiger charge is -2.41. The molecule has 0 aliphatic heterocycles. The van der Waals surface area contributed by atoms with Crippen molar-refractivity contribution < 1.29 is 19.1 Å². The van der Waals surface area contributed by atoms with Gasteiger partial charge in [0.2, 0.25) is 0 Å². The van der Waals surface area contributed by atoms with Gasteiger partial charge in [-0.2, -0.15) is 0 Å². The average molecular weight is 477 g/mol. The smallest absolute Gasteiger partial charge is 0.338 e. The monoisotopic (exact) mass is 476 g/mol. The normalized spacial score (nSPS) is 31.1. The van der Waals surface area contributed by atoms with Crippen molar-refractivity contribution in [2.24, 2.45) is 17.8 Å². The summed E-state index contributed by atoms with van der Waals surface area (Å²) < 4.78 is 12.4. The number of benzene rings is 3. The van der Waals surface area contributed by atoms with E-state index in [0.717, 1.165) is 6.42 Å². The summed E-state index contributed by atoms with van der Waals surface area (Å²) in [6.45, 7) is 4.10. The summed E-state index contributed by atoms with van der Waals surface area (Å²) in [4.78, 5) is 26.3. The molecule has 0 heterocycles.